The van der Waals surface area contributed by atoms with Crippen LogP contribution in [0.5, 0.6) is 0 Å². The van der Waals surface area contributed by atoms with Crippen molar-refractivity contribution in [3.63, 3.8) is 0 Å². The van der Waals surface area contributed by atoms with Gasteiger partial charge in [-0.3, -0.25) is 4.79 Å². The molecule has 0 N–H and O–H groups in total. The van der Waals surface area contributed by atoms with E-state index < -0.39 is 42.1 Å². The molecule has 10 nitrogen and oxygen atoms in total. The third-order valence-corrected chi connectivity index (χ3v) is 2.85. The molecule has 4 atom stereocenters. The molecule has 0 aliphatic carbocycles. The van der Waals surface area contributed by atoms with Crippen LogP contribution in [0.3, 0.4) is 0 Å². The largest absolute Gasteiger partial charge is 0.467 e. The monoisotopic (exact) mass is 315 g/mol. The van der Waals surface area contributed by atoms with E-state index in [4.69, 9.17) is 19.7 Å². The molecule has 1 rings (SSSR count). The van der Waals surface area contributed by atoms with E-state index in [-0.39, 0.29) is 0 Å². The third kappa shape index (κ3) is 4.17. The summed E-state index contributed by atoms with van der Waals surface area (Å²) in [6.45, 7) is 4.19. The Hall–Kier alpha value is -2.16. The number of hydrogen-bond acceptors (Lipinski definition) is 8. The Morgan fingerprint density at radius 3 is 2.50 bits per heavy atom. The van der Waals surface area contributed by atoms with Gasteiger partial charge < -0.3 is 23.7 Å². The molecule has 1 saturated heterocycles. The fraction of sp³-hybridized carbons (Fsp3) is 0.750. The first-order valence-electron chi connectivity index (χ1n) is 6.36. The molecule has 0 spiro atoms. The summed E-state index contributed by atoms with van der Waals surface area (Å²) in [5.74, 6) is -2.67. The number of hydrogen-bond donors (Lipinski definition) is 0. The number of carbonyl (C=O) groups is 3. The standard InChI is InChI=1S/C12H17N3O7/c1-6(17)20-8(7(5-16)14-15-13)9-10(11(18)19-4)22-12(2,3)21-9/h5,7-10H,1-4H3/t7-,8+,9-,10-/m0/s1. The lowest BCUT2D eigenvalue weighted by Gasteiger charge is -2.27. The average Bonchev–Trinajstić information content (AvgIpc) is 2.77. The number of ether oxygens (including phenoxy) is 4. The van der Waals surface area contributed by atoms with Crippen molar-refractivity contribution in [3.8, 4) is 0 Å². The number of aldehydes is 1. The Labute approximate surface area is 126 Å². The number of nitrogens with zero attached hydrogens (tertiary/aromatic N) is 3. The maximum absolute atomic E-state index is 11.8. The molecule has 0 saturated carbocycles. The lowest BCUT2D eigenvalue weighted by Crippen LogP contribution is -2.48. The Morgan fingerprint density at radius 2 is 2.05 bits per heavy atom. The minimum Gasteiger partial charge on any atom is -0.467 e. The summed E-state index contributed by atoms with van der Waals surface area (Å²) < 4.78 is 20.6. The first-order valence-corrected chi connectivity index (χ1v) is 6.36. The van der Waals surface area contributed by atoms with Crippen molar-refractivity contribution in [1.29, 1.82) is 0 Å². The second kappa shape index (κ2) is 7.21. The molecule has 0 aromatic rings. The summed E-state index contributed by atoms with van der Waals surface area (Å²) >= 11 is 0. The zero-order valence-corrected chi connectivity index (χ0v) is 12.6. The minimum atomic E-state index is -1.37. The fourth-order valence-corrected chi connectivity index (χ4v) is 2.08. The van der Waals surface area contributed by atoms with Gasteiger partial charge in [0.05, 0.1) is 7.11 Å². The molecule has 122 valence electrons. The van der Waals surface area contributed by atoms with Crippen LogP contribution in [-0.4, -0.2) is 55.5 Å². The van der Waals surface area contributed by atoms with E-state index in [2.05, 4.69) is 14.8 Å². The van der Waals surface area contributed by atoms with Gasteiger partial charge in [-0.15, -0.1) is 0 Å². The summed E-state index contributed by atoms with van der Waals surface area (Å²) in [6, 6.07) is -1.37. The van der Waals surface area contributed by atoms with Gasteiger partial charge in [0.15, 0.2) is 11.9 Å². The van der Waals surface area contributed by atoms with E-state index in [0.717, 1.165) is 14.0 Å². The first kappa shape index (κ1) is 17.9. The Bertz CT molecular complexity index is 501. The average molecular weight is 315 g/mol. The fourth-order valence-electron chi connectivity index (χ4n) is 2.08. The predicted octanol–water partition coefficient (Wildman–Crippen LogP) is 0.489. The zero-order valence-electron chi connectivity index (χ0n) is 12.6. The van der Waals surface area contributed by atoms with Crippen molar-refractivity contribution in [2.45, 2.75) is 50.9 Å². The van der Waals surface area contributed by atoms with Crippen molar-refractivity contribution < 1.29 is 33.3 Å². The number of carbonyl (C=O) groups excluding carboxylic acids is 3. The maximum Gasteiger partial charge on any atom is 0.338 e. The van der Waals surface area contributed by atoms with Crippen LogP contribution < -0.4 is 0 Å². The smallest absolute Gasteiger partial charge is 0.338 e. The normalized spacial score (nSPS) is 25.5. The van der Waals surface area contributed by atoms with Crippen LogP contribution in [-0.2, 0) is 33.3 Å². The highest BCUT2D eigenvalue weighted by atomic mass is 16.8. The van der Waals surface area contributed by atoms with E-state index in [1.807, 2.05) is 0 Å². The second-order valence-corrected chi connectivity index (χ2v) is 4.95. The summed E-state index contributed by atoms with van der Waals surface area (Å²) in [6.07, 6.45) is -3.42. The maximum atomic E-state index is 11.8. The van der Waals surface area contributed by atoms with Crippen LogP contribution >= 0.6 is 0 Å². The van der Waals surface area contributed by atoms with Gasteiger partial charge in [-0.05, 0) is 19.4 Å². The minimum absolute atomic E-state index is 0.302. The van der Waals surface area contributed by atoms with Gasteiger partial charge >= 0.3 is 11.9 Å². The lowest BCUT2D eigenvalue weighted by molar-refractivity contribution is -0.173. The molecule has 0 amide bonds. The molecule has 22 heavy (non-hydrogen) atoms. The van der Waals surface area contributed by atoms with Crippen molar-refractivity contribution >= 4 is 18.2 Å². The molecular weight excluding hydrogens is 298 g/mol. The molecule has 10 heteroatoms. The van der Waals surface area contributed by atoms with Gasteiger partial charge in [-0.25, -0.2) is 4.79 Å². The van der Waals surface area contributed by atoms with Gasteiger partial charge in [0.2, 0.25) is 0 Å². The first-order chi connectivity index (χ1) is 10.3. The quantitative estimate of drug-likeness (QED) is 0.228. The highest BCUT2D eigenvalue weighted by Crippen LogP contribution is 2.33. The van der Waals surface area contributed by atoms with Crippen LogP contribution in [0.25, 0.3) is 10.4 Å². The lowest BCUT2D eigenvalue weighted by atomic mass is 10.0. The van der Waals surface area contributed by atoms with E-state index in [1.54, 1.807) is 0 Å². The van der Waals surface area contributed by atoms with Crippen molar-refractivity contribution in [1.82, 2.24) is 0 Å². The van der Waals surface area contributed by atoms with Crippen LogP contribution in [0.4, 0.5) is 0 Å². The number of esters is 2. The van der Waals surface area contributed by atoms with Gasteiger partial charge in [0.1, 0.15) is 24.5 Å². The molecule has 1 aliphatic rings. The Balaban J connectivity index is 3.19. The van der Waals surface area contributed by atoms with Crippen LogP contribution in [0.2, 0.25) is 0 Å². The summed E-state index contributed by atoms with van der Waals surface area (Å²) in [4.78, 5) is 36.7. The third-order valence-electron chi connectivity index (χ3n) is 2.85. The topological polar surface area (TPSA) is 137 Å². The number of rotatable bonds is 6. The summed E-state index contributed by atoms with van der Waals surface area (Å²) in [5, 5.41) is 3.26. The Kier molecular flexibility index (Phi) is 5.86. The molecule has 0 aromatic heterocycles. The van der Waals surface area contributed by atoms with Gasteiger partial charge in [-0.1, -0.05) is 5.11 Å². The molecule has 0 radical (unpaired) electrons. The van der Waals surface area contributed by atoms with Crippen LogP contribution in [0.15, 0.2) is 5.11 Å². The summed E-state index contributed by atoms with van der Waals surface area (Å²) in [7, 11) is 1.15. The zero-order chi connectivity index (χ0) is 16.9. The number of azide groups is 1. The molecule has 0 bridgehead atoms. The van der Waals surface area contributed by atoms with E-state index in [9.17, 15) is 14.4 Å². The second-order valence-electron chi connectivity index (χ2n) is 4.95. The molecular formula is C12H17N3O7. The van der Waals surface area contributed by atoms with Crippen molar-refractivity contribution in [2.24, 2.45) is 5.11 Å². The van der Waals surface area contributed by atoms with Crippen LogP contribution in [0.1, 0.15) is 20.8 Å². The van der Waals surface area contributed by atoms with Crippen LogP contribution in [0, 0.1) is 0 Å². The molecule has 1 fully saturated rings. The van der Waals surface area contributed by atoms with Gasteiger partial charge in [0.25, 0.3) is 0 Å². The van der Waals surface area contributed by atoms with E-state index in [1.165, 1.54) is 13.8 Å². The van der Waals surface area contributed by atoms with E-state index >= 15 is 0 Å². The van der Waals surface area contributed by atoms with Gasteiger partial charge in [0, 0.05) is 11.8 Å². The SMILES string of the molecule is COC(=O)[C@H]1OC(C)(C)O[C@H]1[C@H](OC(C)=O)[C@H](C=O)N=[N+]=[N-]. The highest BCUT2D eigenvalue weighted by Gasteiger charge is 2.52. The molecule has 0 unspecified atom stereocenters. The number of methoxy groups -OCH3 is 1. The van der Waals surface area contributed by atoms with E-state index in [0.29, 0.717) is 6.29 Å². The predicted molar refractivity (Wildman–Crippen MR) is 70.4 cm³/mol. The van der Waals surface area contributed by atoms with Gasteiger partial charge in [-0.2, -0.15) is 0 Å². The molecule has 0 aromatic carbocycles. The summed E-state index contributed by atoms with van der Waals surface area (Å²) in [5.41, 5.74) is 8.51. The Morgan fingerprint density at radius 1 is 1.41 bits per heavy atom. The molecule has 1 aliphatic heterocycles. The molecule has 1 heterocycles. The highest BCUT2D eigenvalue weighted by molar-refractivity contribution is 5.76. The van der Waals surface area contributed by atoms with Crippen molar-refractivity contribution in [2.75, 3.05) is 7.11 Å². The van der Waals surface area contributed by atoms with Crippen molar-refractivity contribution in [3.05, 3.63) is 10.4 Å².